The van der Waals surface area contributed by atoms with Gasteiger partial charge in [-0.15, -0.1) is 0 Å². The molecular formula is C19H24N2O. The fourth-order valence-corrected chi connectivity index (χ4v) is 4.51. The molecule has 5 rings (SSSR count). The molecule has 1 aromatic heterocycles. The molecule has 4 heterocycles. The summed E-state index contributed by atoms with van der Waals surface area (Å²) < 4.78 is 6.00. The van der Waals surface area contributed by atoms with Gasteiger partial charge >= 0.3 is 0 Å². The monoisotopic (exact) mass is 296 g/mol. The quantitative estimate of drug-likeness (QED) is 0.864. The maximum Gasteiger partial charge on any atom is 0.0983 e. The summed E-state index contributed by atoms with van der Waals surface area (Å²) in [6.07, 6.45) is 4.67. The van der Waals surface area contributed by atoms with E-state index in [2.05, 4.69) is 47.1 Å². The second-order valence-corrected chi connectivity index (χ2v) is 6.90. The number of fused-ring (bicyclic) bond motifs is 4. The van der Waals surface area contributed by atoms with Crippen molar-refractivity contribution in [1.29, 1.82) is 0 Å². The van der Waals surface area contributed by atoms with Gasteiger partial charge in [-0.05, 0) is 48.9 Å². The van der Waals surface area contributed by atoms with Crippen molar-refractivity contribution in [3.63, 3.8) is 0 Å². The molecule has 4 unspecified atom stereocenters. The minimum atomic E-state index is 0.142. The van der Waals surface area contributed by atoms with E-state index in [0.29, 0.717) is 6.04 Å². The van der Waals surface area contributed by atoms with Gasteiger partial charge in [0.1, 0.15) is 0 Å². The van der Waals surface area contributed by atoms with Crippen molar-refractivity contribution in [2.24, 2.45) is 11.8 Å². The first-order valence-electron chi connectivity index (χ1n) is 8.38. The Morgan fingerprint density at radius 1 is 1.27 bits per heavy atom. The van der Waals surface area contributed by atoms with Gasteiger partial charge in [0.2, 0.25) is 0 Å². The van der Waals surface area contributed by atoms with Gasteiger partial charge in [-0.1, -0.05) is 25.1 Å². The van der Waals surface area contributed by atoms with Crippen LogP contribution in [0.4, 0.5) is 0 Å². The average molecular weight is 296 g/mol. The van der Waals surface area contributed by atoms with Gasteiger partial charge in [0, 0.05) is 31.3 Å². The second kappa shape index (κ2) is 5.64. The number of pyridine rings is 1. The Bertz CT molecular complexity index is 666. The molecule has 3 nitrogen and oxygen atoms in total. The minimum Gasteiger partial charge on any atom is -0.375 e. The van der Waals surface area contributed by atoms with E-state index in [-0.39, 0.29) is 6.10 Å². The number of hydrogen-bond acceptors (Lipinski definition) is 3. The summed E-state index contributed by atoms with van der Waals surface area (Å²) in [5.41, 5.74) is 2.35. The zero-order valence-corrected chi connectivity index (χ0v) is 13.4. The van der Waals surface area contributed by atoms with Gasteiger partial charge in [-0.25, -0.2) is 0 Å². The van der Waals surface area contributed by atoms with Gasteiger partial charge in [-0.3, -0.25) is 9.88 Å². The highest BCUT2D eigenvalue weighted by Gasteiger charge is 2.42. The second-order valence-electron chi connectivity index (χ2n) is 6.90. The maximum absolute atomic E-state index is 6.00. The van der Waals surface area contributed by atoms with Crippen molar-refractivity contribution >= 4 is 10.9 Å². The Kier molecular flexibility index (Phi) is 3.63. The van der Waals surface area contributed by atoms with Crippen molar-refractivity contribution in [2.75, 3.05) is 20.2 Å². The molecule has 3 aliphatic rings. The van der Waals surface area contributed by atoms with Gasteiger partial charge in [0.05, 0.1) is 11.6 Å². The predicted octanol–water partition coefficient (Wildman–Crippen LogP) is 3.65. The first kappa shape index (κ1) is 14.2. The van der Waals surface area contributed by atoms with Crippen LogP contribution in [0.3, 0.4) is 0 Å². The molecule has 3 fully saturated rings. The van der Waals surface area contributed by atoms with Crippen LogP contribution >= 0.6 is 0 Å². The Hall–Kier alpha value is -1.45. The molecule has 3 heteroatoms. The number of rotatable bonds is 3. The molecular weight excluding hydrogens is 272 g/mol. The largest absolute Gasteiger partial charge is 0.375 e. The van der Waals surface area contributed by atoms with Crippen LogP contribution in [0.25, 0.3) is 10.9 Å². The van der Waals surface area contributed by atoms with E-state index in [4.69, 9.17) is 4.74 Å². The molecule has 0 amide bonds. The smallest absolute Gasteiger partial charge is 0.0983 e. The number of benzene rings is 1. The van der Waals surface area contributed by atoms with E-state index in [1.54, 1.807) is 0 Å². The minimum absolute atomic E-state index is 0.142. The normalized spacial score (nSPS) is 32.3. The Labute approximate surface area is 132 Å². The van der Waals surface area contributed by atoms with Gasteiger partial charge in [0.25, 0.3) is 0 Å². The Morgan fingerprint density at radius 2 is 2.14 bits per heavy atom. The molecule has 0 spiro atoms. The molecule has 3 aliphatic heterocycles. The van der Waals surface area contributed by atoms with Gasteiger partial charge in [0.15, 0.2) is 0 Å². The molecule has 2 aromatic rings. The van der Waals surface area contributed by atoms with Crippen LogP contribution in [0.15, 0.2) is 36.5 Å². The van der Waals surface area contributed by atoms with Crippen LogP contribution in [0, 0.1) is 11.8 Å². The number of methoxy groups -OCH3 is 1. The summed E-state index contributed by atoms with van der Waals surface area (Å²) in [5.74, 6) is 1.69. The zero-order chi connectivity index (χ0) is 15.1. The van der Waals surface area contributed by atoms with Crippen LogP contribution in [0.2, 0.25) is 0 Å². The van der Waals surface area contributed by atoms with Crippen molar-refractivity contribution in [1.82, 2.24) is 9.88 Å². The lowest BCUT2D eigenvalue weighted by molar-refractivity contribution is -0.0655. The Balaban J connectivity index is 1.73. The van der Waals surface area contributed by atoms with E-state index in [0.717, 1.165) is 17.4 Å². The number of nitrogens with zero attached hydrogens (tertiary/aromatic N) is 2. The number of hydrogen-bond donors (Lipinski definition) is 0. The van der Waals surface area contributed by atoms with Crippen LogP contribution in [0.5, 0.6) is 0 Å². The molecule has 0 saturated carbocycles. The van der Waals surface area contributed by atoms with Gasteiger partial charge < -0.3 is 4.74 Å². The van der Waals surface area contributed by atoms with E-state index in [1.807, 2.05) is 13.3 Å². The fourth-order valence-electron chi connectivity index (χ4n) is 4.51. The molecule has 0 N–H and O–H groups in total. The summed E-state index contributed by atoms with van der Waals surface area (Å²) >= 11 is 0. The predicted molar refractivity (Wildman–Crippen MR) is 88.7 cm³/mol. The lowest BCUT2D eigenvalue weighted by Gasteiger charge is -2.51. The third-order valence-electron chi connectivity index (χ3n) is 5.72. The number of para-hydroxylation sites is 1. The molecule has 0 aliphatic carbocycles. The maximum atomic E-state index is 6.00. The van der Waals surface area contributed by atoms with E-state index in [1.165, 1.54) is 36.9 Å². The first-order valence-corrected chi connectivity index (χ1v) is 8.38. The third-order valence-corrected chi connectivity index (χ3v) is 5.72. The molecule has 3 saturated heterocycles. The highest BCUT2D eigenvalue weighted by Crippen LogP contribution is 2.42. The summed E-state index contributed by atoms with van der Waals surface area (Å²) in [4.78, 5) is 7.14. The lowest BCUT2D eigenvalue weighted by atomic mass is 9.74. The zero-order valence-electron chi connectivity index (χ0n) is 13.4. The standard InChI is InChI=1S/C19H24N2O/c1-13-12-21-10-8-14(13)11-18(21)19(22-2)16-7-9-20-17-6-4-3-5-15(16)17/h3-7,9,13-14,18-19H,8,10-12H2,1-2H3/t13?,14?,18?,19-/m1/s1. The van der Waals surface area contributed by atoms with Crippen LogP contribution < -0.4 is 0 Å². The molecule has 2 bridgehead atoms. The molecule has 5 atom stereocenters. The van der Waals surface area contributed by atoms with Crippen molar-refractivity contribution in [3.05, 3.63) is 42.1 Å². The van der Waals surface area contributed by atoms with Crippen molar-refractivity contribution in [3.8, 4) is 0 Å². The summed E-state index contributed by atoms with van der Waals surface area (Å²) in [6.45, 7) is 4.84. The highest BCUT2D eigenvalue weighted by molar-refractivity contribution is 5.82. The number of ether oxygens (including phenoxy) is 1. The summed E-state index contributed by atoms with van der Waals surface area (Å²) in [5, 5.41) is 1.23. The van der Waals surface area contributed by atoms with Crippen molar-refractivity contribution in [2.45, 2.75) is 31.9 Å². The SMILES string of the molecule is CO[C@H](c1ccnc2ccccc12)C1CC2CCN1CC2C. The van der Waals surface area contributed by atoms with E-state index < -0.39 is 0 Å². The van der Waals surface area contributed by atoms with Crippen molar-refractivity contribution < 1.29 is 4.74 Å². The topological polar surface area (TPSA) is 25.4 Å². The number of aromatic nitrogens is 1. The fraction of sp³-hybridized carbons (Fsp3) is 0.526. The molecule has 116 valence electrons. The molecule has 0 radical (unpaired) electrons. The van der Waals surface area contributed by atoms with Crippen LogP contribution in [-0.2, 0) is 4.74 Å². The summed E-state index contributed by atoms with van der Waals surface area (Å²) in [7, 11) is 1.85. The number of piperidine rings is 3. The lowest BCUT2D eigenvalue weighted by Crippen LogP contribution is -2.54. The van der Waals surface area contributed by atoms with E-state index in [9.17, 15) is 0 Å². The molecule has 22 heavy (non-hydrogen) atoms. The van der Waals surface area contributed by atoms with Crippen LogP contribution in [0.1, 0.15) is 31.4 Å². The van der Waals surface area contributed by atoms with Gasteiger partial charge in [-0.2, -0.15) is 0 Å². The van der Waals surface area contributed by atoms with E-state index >= 15 is 0 Å². The highest BCUT2D eigenvalue weighted by atomic mass is 16.5. The Morgan fingerprint density at radius 3 is 2.86 bits per heavy atom. The third kappa shape index (κ3) is 2.24. The van der Waals surface area contributed by atoms with Crippen LogP contribution in [-0.4, -0.2) is 36.1 Å². The first-order chi connectivity index (χ1) is 10.8. The molecule has 1 aromatic carbocycles. The summed E-state index contributed by atoms with van der Waals surface area (Å²) in [6, 6.07) is 11.0. The average Bonchev–Trinajstić information content (AvgIpc) is 2.57.